The minimum atomic E-state index is -1.80. The standard InChI is InChI=1S/C12H13F4OSi/c1-3-12(4-2,17-18)6-7-5-8(13)10(15)11(16)9(7)14/h5H,3-4,6H2,1-2H3. The molecule has 1 aromatic carbocycles. The summed E-state index contributed by atoms with van der Waals surface area (Å²) in [6.45, 7) is 3.61. The van der Waals surface area contributed by atoms with Gasteiger partial charge >= 0.3 is 0 Å². The van der Waals surface area contributed by atoms with E-state index in [-0.39, 0.29) is 12.0 Å². The molecule has 0 saturated carbocycles. The maximum Gasteiger partial charge on any atom is 0.247 e. The second kappa shape index (κ2) is 5.84. The van der Waals surface area contributed by atoms with Crippen LogP contribution in [-0.2, 0) is 10.8 Å². The Bertz CT molecular complexity index is 424. The molecule has 0 fully saturated rings. The van der Waals surface area contributed by atoms with Gasteiger partial charge in [-0.3, -0.25) is 0 Å². The molecule has 1 aromatic rings. The van der Waals surface area contributed by atoms with Crippen LogP contribution in [0.3, 0.4) is 0 Å². The van der Waals surface area contributed by atoms with Crippen molar-refractivity contribution in [2.24, 2.45) is 0 Å². The topological polar surface area (TPSA) is 9.23 Å². The Morgan fingerprint density at radius 1 is 1.06 bits per heavy atom. The zero-order valence-corrected chi connectivity index (χ0v) is 11.1. The van der Waals surface area contributed by atoms with Gasteiger partial charge in [0.25, 0.3) is 0 Å². The van der Waals surface area contributed by atoms with E-state index in [0.717, 1.165) is 0 Å². The molecule has 0 N–H and O–H groups in total. The van der Waals surface area contributed by atoms with Gasteiger partial charge in [0, 0.05) is 6.42 Å². The van der Waals surface area contributed by atoms with Crippen molar-refractivity contribution in [1.82, 2.24) is 0 Å². The summed E-state index contributed by atoms with van der Waals surface area (Å²) >= 11 is 0. The number of benzene rings is 1. The minimum Gasteiger partial charge on any atom is -0.413 e. The van der Waals surface area contributed by atoms with E-state index in [9.17, 15) is 17.6 Å². The molecule has 0 amide bonds. The molecule has 99 valence electrons. The number of hydrogen-bond donors (Lipinski definition) is 0. The third-order valence-corrected chi connectivity index (χ3v) is 3.63. The first-order valence-electron chi connectivity index (χ1n) is 5.57. The van der Waals surface area contributed by atoms with Crippen molar-refractivity contribution in [1.29, 1.82) is 0 Å². The van der Waals surface area contributed by atoms with Gasteiger partial charge in [-0.1, -0.05) is 13.8 Å². The van der Waals surface area contributed by atoms with Crippen LogP contribution >= 0.6 is 0 Å². The van der Waals surface area contributed by atoms with E-state index in [2.05, 4.69) is 10.5 Å². The molecule has 0 aromatic heterocycles. The van der Waals surface area contributed by atoms with Crippen molar-refractivity contribution in [3.05, 3.63) is 34.9 Å². The Balaban J connectivity index is 3.19. The first-order chi connectivity index (χ1) is 8.40. The zero-order valence-electron chi connectivity index (χ0n) is 10.1. The summed E-state index contributed by atoms with van der Waals surface area (Å²) in [6, 6.07) is 0.666. The molecule has 0 aliphatic heterocycles. The van der Waals surface area contributed by atoms with Crippen LogP contribution in [0.2, 0.25) is 0 Å². The normalized spacial score (nSPS) is 11.9. The second-order valence-electron chi connectivity index (χ2n) is 4.13. The fourth-order valence-electron chi connectivity index (χ4n) is 1.78. The van der Waals surface area contributed by atoms with E-state index in [1.54, 1.807) is 13.8 Å². The van der Waals surface area contributed by atoms with Crippen molar-refractivity contribution >= 4 is 10.5 Å². The van der Waals surface area contributed by atoms with Crippen LogP contribution in [0.4, 0.5) is 17.6 Å². The molecular formula is C12H13F4OSi. The summed E-state index contributed by atoms with van der Waals surface area (Å²) in [5, 5.41) is 0. The fourth-order valence-corrected chi connectivity index (χ4v) is 2.14. The Morgan fingerprint density at radius 2 is 1.61 bits per heavy atom. The van der Waals surface area contributed by atoms with Crippen LogP contribution < -0.4 is 0 Å². The van der Waals surface area contributed by atoms with Crippen LogP contribution in [0.5, 0.6) is 0 Å². The number of rotatable bonds is 5. The monoisotopic (exact) mass is 277 g/mol. The van der Waals surface area contributed by atoms with Gasteiger partial charge in [-0.05, 0) is 24.5 Å². The van der Waals surface area contributed by atoms with E-state index in [0.29, 0.717) is 18.9 Å². The Hall–Kier alpha value is -0.883. The third kappa shape index (κ3) is 2.75. The average Bonchev–Trinajstić information content (AvgIpc) is 2.39. The van der Waals surface area contributed by atoms with E-state index >= 15 is 0 Å². The summed E-state index contributed by atoms with van der Waals surface area (Å²) in [5.74, 6) is -6.36. The van der Waals surface area contributed by atoms with Crippen LogP contribution in [0.15, 0.2) is 6.07 Å². The lowest BCUT2D eigenvalue weighted by Gasteiger charge is -2.31. The maximum absolute atomic E-state index is 13.5. The summed E-state index contributed by atoms with van der Waals surface area (Å²) in [5.41, 5.74) is -1.03. The van der Waals surface area contributed by atoms with E-state index in [4.69, 9.17) is 4.43 Å². The summed E-state index contributed by atoms with van der Waals surface area (Å²) < 4.78 is 57.6. The molecule has 0 saturated heterocycles. The van der Waals surface area contributed by atoms with Crippen LogP contribution in [0, 0.1) is 23.3 Å². The average molecular weight is 277 g/mol. The van der Waals surface area contributed by atoms with Gasteiger partial charge in [-0.2, -0.15) is 0 Å². The third-order valence-electron chi connectivity index (χ3n) is 3.20. The smallest absolute Gasteiger partial charge is 0.247 e. The molecular weight excluding hydrogens is 264 g/mol. The molecule has 0 aliphatic rings. The Kier molecular flexibility index (Phi) is 4.92. The van der Waals surface area contributed by atoms with Gasteiger partial charge in [0.15, 0.2) is 23.3 Å². The molecule has 3 radical (unpaired) electrons. The molecule has 0 heterocycles. The highest BCUT2D eigenvalue weighted by Gasteiger charge is 2.29. The second-order valence-corrected chi connectivity index (χ2v) is 4.33. The molecule has 0 unspecified atom stereocenters. The predicted molar refractivity (Wildman–Crippen MR) is 60.1 cm³/mol. The lowest BCUT2D eigenvalue weighted by atomic mass is 9.89. The zero-order chi connectivity index (χ0) is 13.9. The summed E-state index contributed by atoms with van der Waals surface area (Å²) in [6.07, 6.45) is 0.962. The van der Waals surface area contributed by atoms with Gasteiger partial charge in [-0.25, -0.2) is 17.6 Å². The molecule has 1 rings (SSSR count). The van der Waals surface area contributed by atoms with Gasteiger partial charge < -0.3 is 4.43 Å². The van der Waals surface area contributed by atoms with Crippen LogP contribution in [-0.4, -0.2) is 16.1 Å². The van der Waals surface area contributed by atoms with E-state index < -0.39 is 28.9 Å². The minimum absolute atomic E-state index is 0.0521. The highest BCUT2D eigenvalue weighted by Crippen LogP contribution is 2.28. The van der Waals surface area contributed by atoms with Crippen LogP contribution in [0.1, 0.15) is 32.3 Å². The van der Waals surface area contributed by atoms with Crippen molar-refractivity contribution in [3.8, 4) is 0 Å². The van der Waals surface area contributed by atoms with Crippen LogP contribution in [0.25, 0.3) is 0 Å². The van der Waals surface area contributed by atoms with Crippen molar-refractivity contribution in [2.75, 3.05) is 0 Å². The van der Waals surface area contributed by atoms with Crippen molar-refractivity contribution in [3.63, 3.8) is 0 Å². The van der Waals surface area contributed by atoms with E-state index in [1.807, 2.05) is 0 Å². The van der Waals surface area contributed by atoms with Crippen molar-refractivity contribution in [2.45, 2.75) is 38.7 Å². The molecule has 6 heteroatoms. The Morgan fingerprint density at radius 3 is 2.06 bits per heavy atom. The molecule has 1 nitrogen and oxygen atoms in total. The quantitative estimate of drug-likeness (QED) is 0.347. The highest BCUT2D eigenvalue weighted by molar-refractivity contribution is 5.98. The molecule has 0 spiro atoms. The highest BCUT2D eigenvalue weighted by atomic mass is 28.2. The lowest BCUT2D eigenvalue weighted by Crippen LogP contribution is -2.33. The largest absolute Gasteiger partial charge is 0.413 e. The molecule has 0 aliphatic carbocycles. The molecule has 18 heavy (non-hydrogen) atoms. The lowest BCUT2D eigenvalue weighted by molar-refractivity contribution is 0.0700. The maximum atomic E-state index is 13.5. The predicted octanol–water partition coefficient (Wildman–Crippen LogP) is 3.44. The number of hydrogen-bond acceptors (Lipinski definition) is 1. The van der Waals surface area contributed by atoms with Crippen molar-refractivity contribution < 1.29 is 22.0 Å². The van der Waals surface area contributed by atoms with Gasteiger partial charge in [-0.15, -0.1) is 0 Å². The summed E-state index contributed by atoms with van der Waals surface area (Å²) in [7, 11) is 2.89. The Labute approximate surface area is 107 Å². The first-order valence-corrected chi connectivity index (χ1v) is 5.98. The molecule has 0 bridgehead atoms. The van der Waals surface area contributed by atoms with Gasteiger partial charge in [0.2, 0.25) is 10.5 Å². The SMILES string of the molecule is CCC(CC)(Cc1cc(F)c(F)c(F)c1F)O[Si]. The van der Waals surface area contributed by atoms with Gasteiger partial charge in [0.05, 0.1) is 5.60 Å². The fraction of sp³-hybridized carbons (Fsp3) is 0.500. The first kappa shape index (κ1) is 15.2. The number of halogens is 4. The molecule has 0 atom stereocenters. The van der Waals surface area contributed by atoms with Gasteiger partial charge in [0.1, 0.15) is 0 Å². The van der Waals surface area contributed by atoms with E-state index in [1.165, 1.54) is 0 Å². The summed E-state index contributed by atoms with van der Waals surface area (Å²) in [4.78, 5) is 0.